The zero-order valence-electron chi connectivity index (χ0n) is 5.89. The normalized spacial score (nSPS) is 27.2. The molecule has 0 aliphatic heterocycles. The summed E-state index contributed by atoms with van der Waals surface area (Å²) in [5.41, 5.74) is 2.44. The van der Waals surface area contributed by atoms with E-state index in [4.69, 9.17) is 5.11 Å². The van der Waals surface area contributed by atoms with Gasteiger partial charge >= 0.3 is 0 Å². The van der Waals surface area contributed by atoms with Gasteiger partial charge in [-0.2, -0.15) is 0 Å². The molecule has 0 heterocycles. The fourth-order valence-corrected chi connectivity index (χ4v) is 1.19. The molecule has 0 aromatic heterocycles. The minimum Gasteiger partial charge on any atom is -0.389 e. The predicted molar refractivity (Wildman–Crippen MR) is 38.1 cm³/mol. The van der Waals surface area contributed by atoms with E-state index in [-0.39, 0.29) is 6.10 Å². The number of hydrogen-bond acceptors (Lipinski definition) is 1. The van der Waals surface area contributed by atoms with Gasteiger partial charge in [-0.15, -0.1) is 0 Å². The molecule has 1 heteroatoms. The molecule has 1 atom stereocenters. The SMILES string of the molecule is CC1=CC(O)CC(C)=C1. The van der Waals surface area contributed by atoms with Crippen molar-refractivity contribution >= 4 is 0 Å². The Morgan fingerprint density at radius 1 is 1.56 bits per heavy atom. The first-order chi connectivity index (χ1) is 4.18. The van der Waals surface area contributed by atoms with Crippen LogP contribution in [-0.4, -0.2) is 11.2 Å². The first-order valence-corrected chi connectivity index (χ1v) is 3.22. The highest BCUT2D eigenvalue weighted by molar-refractivity contribution is 5.27. The highest BCUT2D eigenvalue weighted by Crippen LogP contribution is 2.15. The summed E-state index contributed by atoms with van der Waals surface area (Å²) in [7, 11) is 0. The third-order valence-electron chi connectivity index (χ3n) is 1.46. The van der Waals surface area contributed by atoms with E-state index in [1.54, 1.807) is 0 Å². The Kier molecular flexibility index (Phi) is 1.72. The maximum atomic E-state index is 9.13. The van der Waals surface area contributed by atoms with Crippen LogP contribution in [0.1, 0.15) is 20.3 Å². The van der Waals surface area contributed by atoms with Crippen LogP contribution >= 0.6 is 0 Å². The summed E-state index contributed by atoms with van der Waals surface area (Å²) in [5, 5.41) is 9.13. The molecule has 1 aliphatic rings. The average Bonchev–Trinajstić information content (AvgIpc) is 1.59. The Labute approximate surface area is 55.7 Å². The standard InChI is InChI=1S/C8H12O/c1-6-3-7(2)5-8(9)4-6/h3-4,8-9H,5H2,1-2H3. The third kappa shape index (κ3) is 1.68. The van der Waals surface area contributed by atoms with Gasteiger partial charge in [0.05, 0.1) is 6.10 Å². The van der Waals surface area contributed by atoms with Crippen LogP contribution in [0.5, 0.6) is 0 Å². The summed E-state index contributed by atoms with van der Waals surface area (Å²) in [6.07, 6.45) is 4.55. The third-order valence-corrected chi connectivity index (χ3v) is 1.46. The molecule has 0 aromatic carbocycles. The van der Waals surface area contributed by atoms with Gasteiger partial charge in [-0.3, -0.25) is 0 Å². The number of hydrogen-bond donors (Lipinski definition) is 1. The lowest BCUT2D eigenvalue weighted by Gasteiger charge is -2.12. The molecular formula is C8H12O. The highest BCUT2D eigenvalue weighted by Gasteiger charge is 2.05. The second-order valence-corrected chi connectivity index (χ2v) is 2.67. The Hall–Kier alpha value is -0.560. The van der Waals surface area contributed by atoms with Crippen molar-refractivity contribution < 1.29 is 5.11 Å². The van der Waals surface area contributed by atoms with Gasteiger partial charge in [0.25, 0.3) is 0 Å². The van der Waals surface area contributed by atoms with Crippen LogP contribution < -0.4 is 0 Å². The molecule has 1 aliphatic carbocycles. The highest BCUT2D eigenvalue weighted by atomic mass is 16.3. The predicted octanol–water partition coefficient (Wildman–Crippen LogP) is 1.64. The van der Waals surface area contributed by atoms with Crippen LogP contribution in [0.15, 0.2) is 23.3 Å². The molecule has 0 saturated carbocycles. The molecule has 0 fully saturated rings. The van der Waals surface area contributed by atoms with Crippen LogP contribution in [-0.2, 0) is 0 Å². The first kappa shape index (κ1) is 6.56. The maximum Gasteiger partial charge on any atom is 0.0763 e. The lowest BCUT2D eigenvalue weighted by molar-refractivity contribution is 0.221. The van der Waals surface area contributed by atoms with Crippen molar-refractivity contribution in [2.45, 2.75) is 26.4 Å². The van der Waals surface area contributed by atoms with E-state index in [9.17, 15) is 0 Å². The Bertz CT molecular complexity index is 165. The zero-order valence-corrected chi connectivity index (χ0v) is 5.89. The van der Waals surface area contributed by atoms with Gasteiger partial charge in [0.15, 0.2) is 0 Å². The molecule has 0 amide bonds. The van der Waals surface area contributed by atoms with Gasteiger partial charge in [0.1, 0.15) is 0 Å². The fourth-order valence-electron chi connectivity index (χ4n) is 1.19. The van der Waals surface area contributed by atoms with Gasteiger partial charge in [0, 0.05) is 0 Å². The maximum absolute atomic E-state index is 9.13. The van der Waals surface area contributed by atoms with E-state index in [0.29, 0.717) is 0 Å². The lowest BCUT2D eigenvalue weighted by Crippen LogP contribution is -2.06. The quantitative estimate of drug-likeness (QED) is 0.520. The summed E-state index contributed by atoms with van der Waals surface area (Å²) in [4.78, 5) is 0. The largest absolute Gasteiger partial charge is 0.389 e. The topological polar surface area (TPSA) is 20.2 Å². The molecule has 1 unspecified atom stereocenters. The van der Waals surface area contributed by atoms with Crippen molar-refractivity contribution in [3.63, 3.8) is 0 Å². The smallest absolute Gasteiger partial charge is 0.0763 e. The van der Waals surface area contributed by atoms with Crippen LogP contribution in [0.25, 0.3) is 0 Å². The molecule has 1 nitrogen and oxygen atoms in total. The van der Waals surface area contributed by atoms with Gasteiger partial charge < -0.3 is 5.11 Å². The molecule has 0 spiro atoms. The van der Waals surface area contributed by atoms with Crippen molar-refractivity contribution in [1.82, 2.24) is 0 Å². The lowest BCUT2D eigenvalue weighted by atomic mass is 10.00. The van der Waals surface area contributed by atoms with Crippen molar-refractivity contribution in [2.24, 2.45) is 0 Å². The van der Waals surface area contributed by atoms with Crippen molar-refractivity contribution in [3.8, 4) is 0 Å². The van der Waals surface area contributed by atoms with Crippen LogP contribution in [0.2, 0.25) is 0 Å². The number of aliphatic hydroxyl groups is 1. The van der Waals surface area contributed by atoms with Crippen LogP contribution in [0.3, 0.4) is 0 Å². The van der Waals surface area contributed by atoms with E-state index in [1.807, 2.05) is 19.9 Å². The summed E-state index contributed by atoms with van der Waals surface area (Å²) in [6, 6.07) is 0. The fraction of sp³-hybridized carbons (Fsp3) is 0.500. The van der Waals surface area contributed by atoms with Gasteiger partial charge in [-0.05, 0) is 20.3 Å². The zero-order chi connectivity index (χ0) is 6.85. The van der Waals surface area contributed by atoms with E-state index in [1.165, 1.54) is 11.1 Å². The van der Waals surface area contributed by atoms with Crippen molar-refractivity contribution in [2.75, 3.05) is 0 Å². The Balaban J connectivity index is 2.74. The van der Waals surface area contributed by atoms with Gasteiger partial charge in [-0.25, -0.2) is 0 Å². The second kappa shape index (κ2) is 2.36. The molecular weight excluding hydrogens is 112 g/mol. The molecule has 1 rings (SSSR count). The van der Waals surface area contributed by atoms with E-state index in [0.717, 1.165) is 6.42 Å². The molecule has 0 radical (unpaired) electrons. The molecule has 1 N–H and O–H groups in total. The number of aliphatic hydroxyl groups excluding tert-OH is 1. The average molecular weight is 124 g/mol. The summed E-state index contributed by atoms with van der Waals surface area (Å²) >= 11 is 0. The first-order valence-electron chi connectivity index (χ1n) is 3.22. The van der Waals surface area contributed by atoms with Gasteiger partial charge in [0.2, 0.25) is 0 Å². The summed E-state index contributed by atoms with van der Waals surface area (Å²) in [6.45, 7) is 4.05. The number of allylic oxidation sites excluding steroid dienone is 2. The van der Waals surface area contributed by atoms with Crippen molar-refractivity contribution in [3.05, 3.63) is 23.3 Å². The van der Waals surface area contributed by atoms with Crippen LogP contribution in [0.4, 0.5) is 0 Å². The molecule has 0 aromatic rings. The summed E-state index contributed by atoms with van der Waals surface area (Å²) < 4.78 is 0. The molecule has 0 bridgehead atoms. The van der Waals surface area contributed by atoms with Crippen LogP contribution in [0, 0.1) is 0 Å². The molecule has 50 valence electrons. The van der Waals surface area contributed by atoms with E-state index < -0.39 is 0 Å². The molecule has 0 saturated heterocycles. The molecule has 9 heavy (non-hydrogen) atoms. The van der Waals surface area contributed by atoms with Gasteiger partial charge in [-0.1, -0.05) is 23.3 Å². The number of rotatable bonds is 0. The van der Waals surface area contributed by atoms with E-state index in [2.05, 4.69) is 6.08 Å². The Morgan fingerprint density at radius 2 is 2.22 bits per heavy atom. The monoisotopic (exact) mass is 124 g/mol. The van der Waals surface area contributed by atoms with E-state index >= 15 is 0 Å². The van der Waals surface area contributed by atoms with Crippen molar-refractivity contribution in [1.29, 1.82) is 0 Å². The minimum absolute atomic E-state index is 0.241. The minimum atomic E-state index is -0.241. The Morgan fingerprint density at radius 3 is 2.67 bits per heavy atom. The summed E-state index contributed by atoms with van der Waals surface area (Å²) in [5.74, 6) is 0. The second-order valence-electron chi connectivity index (χ2n) is 2.67.